The van der Waals surface area contributed by atoms with Crippen molar-refractivity contribution >= 4 is 29.1 Å². The molecule has 2 N–H and O–H groups in total. The first-order chi connectivity index (χ1) is 14.6. The van der Waals surface area contributed by atoms with Crippen molar-refractivity contribution < 1.29 is 9.53 Å². The maximum atomic E-state index is 12.9. The Kier molecular flexibility index (Phi) is 7.12. The third kappa shape index (κ3) is 5.45. The lowest BCUT2D eigenvalue weighted by molar-refractivity contribution is -0.135. The Bertz CT molecular complexity index is 839. The third-order valence-electron chi connectivity index (χ3n) is 5.65. The van der Waals surface area contributed by atoms with Gasteiger partial charge in [-0.25, -0.2) is 10.9 Å². The Morgan fingerprint density at radius 3 is 2.23 bits per heavy atom. The second-order valence-electron chi connectivity index (χ2n) is 7.65. The van der Waals surface area contributed by atoms with E-state index in [9.17, 15) is 4.79 Å². The smallest absolute Gasteiger partial charge is 0.241 e. The number of hydrogen-bond donors (Lipinski definition) is 2. The summed E-state index contributed by atoms with van der Waals surface area (Å²) in [6.45, 7) is 4.65. The number of rotatable bonds is 6. The molecule has 2 aliphatic rings. The van der Waals surface area contributed by atoms with Crippen molar-refractivity contribution in [1.82, 2.24) is 20.7 Å². The molecule has 0 bridgehead atoms. The van der Waals surface area contributed by atoms with E-state index in [1.807, 2.05) is 53.4 Å². The summed E-state index contributed by atoms with van der Waals surface area (Å²) < 4.78 is 5.77. The van der Waals surface area contributed by atoms with Crippen LogP contribution in [0.2, 0.25) is 10.0 Å². The monoisotopic (exact) mass is 448 g/mol. The van der Waals surface area contributed by atoms with Crippen LogP contribution in [0.3, 0.4) is 0 Å². The molecule has 2 atom stereocenters. The molecule has 1 amide bonds. The second-order valence-corrected chi connectivity index (χ2v) is 8.52. The number of hydrogen-bond acceptors (Lipinski definition) is 5. The number of ether oxygens (including phenoxy) is 1. The van der Waals surface area contributed by atoms with E-state index in [0.717, 1.165) is 50.5 Å². The topological polar surface area (TPSA) is 56.8 Å². The molecule has 4 rings (SSSR count). The van der Waals surface area contributed by atoms with Crippen LogP contribution in [0.5, 0.6) is 5.75 Å². The van der Waals surface area contributed by atoms with Gasteiger partial charge in [0.15, 0.2) is 0 Å². The number of nitrogens with one attached hydrogen (secondary N) is 2. The average Bonchev–Trinajstić information content (AvgIpc) is 3.26. The quantitative estimate of drug-likeness (QED) is 0.710. The summed E-state index contributed by atoms with van der Waals surface area (Å²) in [5.41, 5.74) is 7.54. The van der Waals surface area contributed by atoms with Gasteiger partial charge in [0.1, 0.15) is 18.4 Å². The van der Waals surface area contributed by atoms with Crippen LogP contribution in [-0.4, -0.2) is 61.1 Å². The Morgan fingerprint density at radius 2 is 1.57 bits per heavy atom. The van der Waals surface area contributed by atoms with Gasteiger partial charge in [-0.3, -0.25) is 9.69 Å². The third-order valence-corrected chi connectivity index (χ3v) is 6.15. The minimum Gasteiger partial charge on any atom is -0.492 e. The molecule has 8 heteroatoms. The van der Waals surface area contributed by atoms with Crippen molar-refractivity contribution in [1.29, 1.82) is 0 Å². The van der Waals surface area contributed by atoms with Gasteiger partial charge in [-0.1, -0.05) is 35.3 Å². The number of nitrogens with zero attached hydrogens (tertiary/aromatic N) is 2. The molecule has 160 valence electrons. The lowest BCUT2D eigenvalue weighted by atomic mass is 10.0. The van der Waals surface area contributed by atoms with Gasteiger partial charge in [0.25, 0.3) is 0 Å². The molecule has 2 fully saturated rings. The second kappa shape index (κ2) is 9.98. The van der Waals surface area contributed by atoms with Crippen molar-refractivity contribution in [3.8, 4) is 5.75 Å². The zero-order valence-corrected chi connectivity index (χ0v) is 18.2. The molecule has 2 heterocycles. The number of benzene rings is 2. The van der Waals surface area contributed by atoms with E-state index >= 15 is 0 Å². The summed E-state index contributed by atoms with van der Waals surface area (Å²) in [5, 5.41) is 1.42. The molecule has 2 unspecified atom stereocenters. The van der Waals surface area contributed by atoms with Crippen molar-refractivity contribution in [2.75, 3.05) is 39.3 Å². The molecular weight excluding hydrogens is 423 g/mol. The summed E-state index contributed by atoms with van der Waals surface area (Å²) in [5.74, 6) is 0.985. The highest BCUT2D eigenvalue weighted by Crippen LogP contribution is 2.24. The highest BCUT2D eigenvalue weighted by molar-refractivity contribution is 6.30. The van der Waals surface area contributed by atoms with Gasteiger partial charge in [0.2, 0.25) is 5.91 Å². The number of carbonyl (C=O) groups excluding carboxylic acids is 1. The maximum Gasteiger partial charge on any atom is 0.241 e. The van der Waals surface area contributed by atoms with Gasteiger partial charge in [0, 0.05) is 48.8 Å². The summed E-state index contributed by atoms with van der Waals surface area (Å²) in [4.78, 5) is 17.2. The van der Waals surface area contributed by atoms with E-state index in [-0.39, 0.29) is 18.0 Å². The number of hydrazine groups is 1. The van der Waals surface area contributed by atoms with Gasteiger partial charge < -0.3 is 9.64 Å². The molecule has 0 spiro atoms. The number of carbonyl (C=O) groups is 1. The van der Waals surface area contributed by atoms with E-state index in [0.29, 0.717) is 16.7 Å². The molecule has 6 nitrogen and oxygen atoms in total. The largest absolute Gasteiger partial charge is 0.492 e. The zero-order valence-electron chi connectivity index (χ0n) is 16.7. The maximum absolute atomic E-state index is 12.9. The SMILES string of the molecule is O=C(C1CC(c2ccc(Cl)cc2)NN1)N1CCN(CCOc2ccc(Cl)cc2)CC1. The Balaban J connectivity index is 1.19. The number of halogens is 2. The van der Waals surface area contributed by atoms with Crippen LogP contribution in [0.1, 0.15) is 18.0 Å². The van der Waals surface area contributed by atoms with E-state index < -0.39 is 0 Å². The molecule has 2 aromatic rings. The minimum absolute atomic E-state index is 0.113. The van der Waals surface area contributed by atoms with Crippen LogP contribution in [0.15, 0.2) is 48.5 Å². The fourth-order valence-electron chi connectivity index (χ4n) is 3.87. The van der Waals surface area contributed by atoms with Crippen molar-refractivity contribution in [2.45, 2.75) is 18.5 Å². The first-order valence-electron chi connectivity index (χ1n) is 10.2. The summed E-state index contributed by atoms with van der Waals surface area (Å²) in [6.07, 6.45) is 0.732. The van der Waals surface area contributed by atoms with E-state index in [1.54, 1.807) is 0 Å². The predicted octanol–water partition coefficient (Wildman–Crippen LogP) is 3.12. The van der Waals surface area contributed by atoms with Crippen LogP contribution < -0.4 is 15.6 Å². The van der Waals surface area contributed by atoms with Crippen LogP contribution in [0.25, 0.3) is 0 Å². The van der Waals surface area contributed by atoms with Crippen LogP contribution in [-0.2, 0) is 4.79 Å². The Labute approximate surface area is 187 Å². The molecule has 0 radical (unpaired) electrons. The summed E-state index contributed by atoms with van der Waals surface area (Å²) >= 11 is 11.9. The average molecular weight is 449 g/mol. The molecule has 0 aliphatic carbocycles. The first kappa shape index (κ1) is 21.4. The summed E-state index contributed by atoms with van der Waals surface area (Å²) in [7, 11) is 0. The summed E-state index contributed by atoms with van der Waals surface area (Å²) in [6, 6.07) is 15.1. The van der Waals surface area contributed by atoms with Crippen molar-refractivity contribution in [2.24, 2.45) is 0 Å². The zero-order chi connectivity index (χ0) is 20.9. The van der Waals surface area contributed by atoms with Gasteiger partial charge in [-0.05, 0) is 48.4 Å². The molecule has 0 aromatic heterocycles. The van der Waals surface area contributed by atoms with Crippen LogP contribution in [0, 0.1) is 0 Å². The molecule has 30 heavy (non-hydrogen) atoms. The van der Waals surface area contributed by atoms with E-state index in [1.165, 1.54) is 0 Å². The van der Waals surface area contributed by atoms with Crippen molar-refractivity contribution in [3.63, 3.8) is 0 Å². The van der Waals surface area contributed by atoms with E-state index in [4.69, 9.17) is 27.9 Å². The van der Waals surface area contributed by atoms with Gasteiger partial charge in [-0.2, -0.15) is 0 Å². The highest BCUT2D eigenvalue weighted by atomic mass is 35.5. The lowest BCUT2D eigenvalue weighted by Gasteiger charge is -2.35. The lowest BCUT2D eigenvalue weighted by Crippen LogP contribution is -2.54. The van der Waals surface area contributed by atoms with Gasteiger partial charge in [-0.15, -0.1) is 0 Å². The number of amides is 1. The molecule has 2 saturated heterocycles. The first-order valence-corrected chi connectivity index (χ1v) is 11.0. The molecule has 0 saturated carbocycles. The predicted molar refractivity (Wildman–Crippen MR) is 119 cm³/mol. The standard InChI is InChI=1S/C22H26Cl2N4O2/c23-17-3-1-16(2-4-17)20-15-21(26-25-20)22(29)28-11-9-27(10-12-28)13-14-30-19-7-5-18(24)6-8-19/h1-8,20-21,25-26H,9-15H2. The van der Waals surface area contributed by atoms with Gasteiger partial charge >= 0.3 is 0 Å². The fourth-order valence-corrected chi connectivity index (χ4v) is 4.12. The normalized spacial score (nSPS) is 22.3. The Hall–Kier alpha value is -1.83. The fraction of sp³-hybridized carbons (Fsp3) is 0.409. The van der Waals surface area contributed by atoms with Gasteiger partial charge in [0.05, 0.1) is 0 Å². The molecule has 2 aliphatic heterocycles. The van der Waals surface area contributed by atoms with Crippen LogP contribution >= 0.6 is 23.2 Å². The highest BCUT2D eigenvalue weighted by Gasteiger charge is 2.34. The van der Waals surface area contributed by atoms with Crippen molar-refractivity contribution in [3.05, 3.63) is 64.1 Å². The molecular formula is C22H26Cl2N4O2. The van der Waals surface area contributed by atoms with Crippen LogP contribution in [0.4, 0.5) is 0 Å². The van der Waals surface area contributed by atoms with E-state index in [2.05, 4.69) is 15.8 Å². The Morgan fingerprint density at radius 1 is 0.933 bits per heavy atom. The number of piperazine rings is 1. The molecule has 2 aromatic carbocycles. The minimum atomic E-state index is -0.203.